The third-order valence-corrected chi connectivity index (χ3v) is 2.73. The van der Waals surface area contributed by atoms with Crippen molar-refractivity contribution in [2.45, 2.75) is 37.8 Å². The maximum atomic E-state index is 13.0. The number of rotatable bonds is 2. The molecule has 1 aromatic heterocycles. The highest BCUT2D eigenvalue weighted by Crippen LogP contribution is 2.41. The van der Waals surface area contributed by atoms with E-state index in [1.807, 2.05) is 0 Å². The SMILES string of the molecule is NCc1cncn1C1CCC(F)(F)C1. The first-order chi connectivity index (χ1) is 6.62. The summed E-state index contributed by atoms with van der Waals surface area (Å²) in [4.78, 5) is 3.92. The lowest BCUT2D eigenvalue weighted by Gasteiger charge is -2.14. The first-order valence-electron chi connectivity index (χ1n) is 4.71. The summed E-state index contributed by atoms with van der Waals surface area (Å²) in [6.45, 7) is 0.349. The minimum absolute atomic E-state index is 0.0279. The highest BCUT2D eigenvalue weighted by Gasteiger charge is 2.40. The van der Waals surface area contributed by atoms with Gasteiger partial charge in [0.15, 0.2) is 0 Å². The van der Waals surface area contributed by atoms with Crippen LogP contribution in [0.1, 0.15) is 31.0 Å². The minimum Gasteiger partial charge on any atom is -0.330 e. The van der Waals surface area contributed by atoms with Gasteiger partial charge in [0, 0.05) is 31.6 Å². The van der Waals surface area contributed by atoms with E-state index < -0.39 is 5.92 Å². The Labute approximate surface area is 80.9 Å². The summed E-state index contributed by atoms with van der Waals surface area (Å²) in [7, 11) is 0. The van der Waals surface area contributed by atoms with Crippen molar-refractivity contribution >= 4 is 0 Å². The molecule has 14 heavy (non-hydrogen) atoms. The lowest BCUT2D eigenvalue weighted by Crippen LogP contribution is -2.14. The zero-order valence-corrected chi connectivity index (χ0v) is 7.79. The van der Waals surface area contributed by atoms with Crippen LogP contribution in [0, 0.1) is 0 Å². The average molecular weight is 201 g/mol. The van der Waals surface area contributed by atoms with Gasteiger partial charge in [-0.1, -0.05) is 0 Å². The van der Waals surface area contributed by atoms with Crippen LogP contribution in [0.3, 0.4) is 0 Å². The second-order valence-electron chi connectivity index (χ2n) is 3.75. The Morgan fingerprint density at radius 3 is 3.00 bits per heavy atom. The highest BCUT2D eigenvalue weighted by atomic mass is 19.3. The Bertz CT molecular complexity index is 322. The molecule has 5 heteroatoms. The average Bonchev–Trinajstić information content (AvgIpc) is 2.70. The predicted octanol–water partition coefficient (Wildman–Crippen LogP) is 1.70. The molecule has 0 saturated heterocycles. The van der Waals surface area contributed by atoms with Crippen molar-refractivity contribution in [3.63, 3.8) is 0 Å². The normalized spacial score (nSPS) is 25.5. The largest absolute Gasteiger partial charge is 0.330 e. The molecule has 0 aromatic carbocycles. The Balaban J connectivity index is 2.17. The number of hydrogen-bond acceptors (Lipinski definition) is 2. The van der Waals surface area contributed by atoms with Crippen LogP contribution >= 0.6 is 0 Å². The van der Waals surface area contributed by atoms with Crippen molar-refractivity contribution < 1.29 is 8.78 Å². The molecule has 1 aromatic rings. The molecule has 2 rings (SSSR count). The van der Waals surface area contributed by atoms with Gasteiger partial charge in [0.2, 0.25) is 5.92 Å². The molecule has 0 radical (unpaired) electrons. The van der Waals surface area contributed by atoms with E-state index in [0.29, 0.717) is 13.0 Å². The Morgan fingerprint density at radius 1 is 1.64 bits per heavy atom. The van der Waals surface area contributed by atoms with Gasteiger partial charge in [0.1, 0.15) is 0 Å². The minimum atomic E-state index is -2.51. The van der Waals surface area contributed by atoms with Gasteiger partial charge in [-0.3, -0.25) is 0 Å². The molecule has 1 fully saturated rings. The van der Waals surface area contributed by atoms with Crippen molar-refractivity contribution in [3.05, 3.63) is 18.2 Å². The topological polar surface area (TPSA) is 43.8 Å². The Morgan fingerprint density at radius 2 is 2.43 bits per heavy atom. The fourth-order valence-corrected chi connectivity index (χ4v) is 1.98. The molecule has 3 nitrogen and oxygen atoms in total. The molecular formula is C9H13F2N3. The van der Waals surface area contributed by atoms with Crippen LogP contribution in [0.15, 0.2) is 12.5 Å². The van der Waals surface area contributed by atoms with Crippen LogP contribution in [0.2, 0.25) is 0 Å². The number of hydrogen-bond donors (Lipinski definition) is 1. The molecule has 0 spiro atoms. The Kier molecular flexibility index (Phi) is 2.26. The molecule has 2 N–H and O–H groups in total. The van der Waals surface area contributed by atoms with Gasteiger partial charge in [0.25, 0.3) is 0 Å². The number of alkyl halides is 2. The van der Waals surface area contributed by atoms with Crippen molar-refractivity contribution in [3.8, 4) is 0 Å². The van der Waals surface area contributed by atoms with Gasteiger partial charge >= 0.3 is 0 Å². The van der Waals surface area contributed by atoms with Crippen molar-refractivity contribution in [2.75, 3.05) is 0 Å². The van der Waals surface area contributed by atoms with Gasteiger partial charge in [0.05, 0.1) is 12.0 Å². The molecular weight excluding hydrogens is 188 g/mol. The van der Waals surface area contributed by atoms with E-state index in [4.69, 9.17) is 5.73 Å². The van der Waals surface area contributed by atoms with E-state index in [-0.39, 0.29) is 18.9 Å². The number of nitrogens with two attached hydrogens (primary N) is 1. The third kappa shape index (κ3) is 1.64. The summed E-state index contributed by atoms with van der Waals surface area (Å²) in [5, 5.41) is 0. The molecule has 78 valence electrons. The van der Waals surface area contributed by atoms with Crippen molar-refractivity contribution in [2.24, 2.45) is 5.73 Å². The summed E-state index contributed by atoms with van der Waals surface area (Å²) >= 11 is 0. The summed E-state index contributed by atoms with van der Waals surface area (Å²) in [5.41, 5.74) is 6.31. The number of nitrogens with zero attached hydrogens (tertiary/aromatic N) is 2. The lowest BCUT2D eigenvalue weighted by molar-refractivity contribution is 0.00555. The van der Waals surface area contributed by atoms with Gasteiger partial charge in [-0.05, 0) is 6.42 Å². The van der Waals surface area contributed by atoms with Crippen LogP contribution in [0.4, 0.5) is 8.78 Å². The summed E-state index contributed by atoms with van der Waals surface area (Å²) in [6, 6.07) is -0.133. The van der Waals surface area contributed by atoms with Crippen molar-refractivity contribution in [1.82, 2.24) is 9.55 Å². The second-order valence-corrected chi connectivity index (χ2v) is 3.75. The van der Waals surface area contributed by atoms with E-state index in [0.717, 1.165) is 5.69 Å². The number of aromatic nitrogens is 2. The predicted molar refractivity (Wildman–Crippen MR) is 48.0 cm³/mol. The summed E-state index contributed by atoms with van der Waals surface area (Å²) in [6.07, 6.45) is 3.62. The zero-order valence-electron chi connectivity index (χ0n) is 7.79. The van der Waals surface area contributed by atoms with Crippen molar-refractivity contribution in [1.29, 1.82) is 0 Å². The first kappa shape index (κ1) is 9.58. The first-order valence-corrected chi connectivity index (χ1v) is 4.71. The summed E-state index contributed by atoms with van der Waals surface area (Å²) in [5.74, 6) is -2.51. The van der Waals surface area contributed by atoms with Crippen LogP contribution < -0.4 is 5.73 Å². The molecule has 1 atom stereocenters. The zero-order chi connectivity index (χ0) is 10.2. The van der Waals surface area contributed by atoms with Gasteiger partial charge in [-0.25, -0.2) is 13.8 Å². The van der Waals surface area contributed by atoms with E-state index in [1.54, 1.807) is 17.1 Å². The molecule has 0 bridgehead atoms. The van der Waals surface area contributed by atoms with Crippen LogP contribution in [0.5, 0.6) is 0 Å². The van der Waals surface area contributed by atoms with Gasteiger partial charge < -0.3 is 10.3 Å². The monoisotopic (exact) mass is 201 g/mol. The van der Waals surface area contributed by atoms with Gasteiger partial charge in [-0.2, -0.15) is 0 Å². The molecule has 0 aliphatic heterocycles. The standard InChI is InChI=1S/C9H13F2N3/c10-9(11)2-1-7(3-9)14-6-13-5-8(14)4-12/h5-7H,1-4,12H2. The van der Waals surface area contributed by atoms with E-state index >= 15 is 0 Å². The van der Waals surface area contributed by atoms with E-state index in [9.17, 15) is 8.78 Å². The third-order valence-electron chi connectivity index (χ3n) is 2.73. The van der Waals surface area contributed by atoms with E-state index in [2.05, 4.69) is 4.98 Å². The fraction of sp³-hybridized carbons (Fsp3) is 0.667. The number of halogens is 2. The maximum absolute atomic E-state index is 13.0. The fourth-order valence-electron chi connectivity index (χ4n) is 1.98. The molecule has 1 aliphatic carbocycles. The van der Waals surface area contributed by atoms with Crippen LogP contribution in [-0.4, -0.2) is 15.5 Å². The second kappa shape index (κ2) is 3.31. The summed E-state index contributed by atoms with van der Waals surface area (Å²) < 4.78 is 27.7. The highest BCUT2D eigenvalue weighted by molar-refractivity contribution is 5.01. The maximum Gasteiger partial charge on any atom is 0.250 e. The molecule has 1 heterocycles. The lowest BCUT2D eigenvalue weighted by atomic mass is 10.2. The molecule has 1 saturated carbocycles. The molecule has 1 unspecified atom stereocenters. The smallest absolute Gasteiger partial charge is 0.250 e. The molecule has 0 amide bonds. The quantitative estimate of drug-likeness (QED) is 0.791. The van der Waals surface area contributed by atoms with E-state index in [1.165, 1.54) is 0 Å². The van der Waals surface area contributed by atoms with Crippen LogP contribution in [0.25, 0.3) is 0 Å². The number of imidazole rings is 1. The molecule has 1 aliphatic rings. The van der Waals surface area contributed by atoms with Gasteiger partial charge in [-0.15, -0.1) is 0 Å². The Hall–Kier alpha value is -0.970. The van der Waals surface area contributed by atoms with Crippen LogP contribution in [-0.2, 0) is 6.54 Å².